The number of Topliss-reactive ketones (excluding diaryl/α,β-unsaturated/α-hetero) is 1. The average Bonchev–Trinajstić information content (AvgIpc) is 2.72. The molecule has 1 saturated carbocycles. The van der Waals surface area contributed by atoms with E-state index in [1.165, 1.54) is 37.8 Å². The Labute approximate surface area is 122 Å². The highest BCUT2D eigenvalue weighted by atomic mass is 16.1. The Morgan fingerprint density at radius 2 is 1.95 bits per heavy atom. The molecular formula is C17H28N2O. The van der Waals surface area contributed by atoms with Crippen molar-refractivity contribution in [3.8, 4) is 0 Å². The van der Waals surface area contributed by atoms with E-state index in [1.807, 2.05) is 6.07 Å². The molecule has 20 heavy (non-hydrogen) atoms. The molecule has 1 fully saturated rings. The number of carbonyl (C=O) groups is 1. The van der Waals surface area contributed by atoms with E-state index in [4.69, 9.17) is 0 Å². The van der Waals surface area contributed by atoms with Crippen LogP contribution in [0.3, 0.4) is 0 Å². The summed E-state index contributed by atoms with van der Waals surface area (Å²) in [5.41, 5.74) is 3.17. The first-order valence-corrected chi connectivity index (χ1v) is 7.95. The first-order valence-electron chi connectivity index (χ1n) is 7.95. The molecule has 1 N–H and O–H groups in total. The summed E-state index contributed by atoms with van der Waals surface area (Å²) in [6.45, 7) is 8.94. The number of aryl methyl sites for hydroxylation is 1. The molecule has 0 spiro atoms. The maximum absolute atomic E-state index is 12.4. The highest BCUT2D eigenvalue weighted by Crippen LogP contribution is 2.21. The maximum Gasteiger partial charge on any atom is 0.178 e. The largest absolute Gasteiger partial charge is 0.346 e. The fraction of sp³-hybridized carbons (Fsp3) is 0.706. The Hall–Kier alpha value is -1.09. The van der Waals surface area contributed by atoms with Crippen molar-refractivity contribution < 1.29 is 4.79 Å². The molecule has 0 radical (unpaired) electrons. The number of hydrogen-bond donors (Lipinski definition) is 1. The second-order valence-electron chi connectivity index (χ2n) is 6.39. The molecule has 0 unspecified atom stereocenters. The first-order chi connectivity index (χ1) is 9.50. The molecule has 0 atom stereocenters. The Bertz CT molecular complexity index is 468. The van der Waals surface area contributed by atoms with Gasteiger partial charge in [-0.1, -0.05) is 19.3 Å². The van der Waals surface area contributed by atoms with Gasteiger partial charge in [-0.25, -0.2) is 0 Å². The fourth-order valence-corrected chi connectivity index (χ4v) is 3.49. The van der Waals surface area contributed by atoms with E-state index in [-0.39, 0.29) is 5.78 Å². The van der Waals surface area contributed by atoms with Gasteiger partial charge < -0.3 is 9.88 Å². The van der Waals surface area contributed by atoms with Crippen molar-refractivity contribution in [1.82, 2.24) is 9.88 Å². The van der Waals surface area contributed by atoms with E-state index in [0.29, 0.717) is 18.6 Å². The van der Waals surface area contributed by atoms with Crippen LogP contribution < -0.4 is 5.32 Å². The van der Waals surface area contributed by atoms with Gasteiger partial charge >= 0.3 is 0 Å². The molecule has 1 aromatic rings. The van der Waals surface area contributed by atoms with E-state index in [1.54, 1.807) is 0 Å². The van der Waals surface area contributed by atoms with Crippen LogP contribution >= 0.6 is 0 Å². The minimum absolute atomic E-state index is 0.232. The zero-order valence-electron chi connectivity index (χ0n) is 13.3. The highest BCUT2D eigenvalue weighted by Gasteiger charge is 2.19. The van der Waals surface area contributed by atoms with Crippen LogP contribution in [0.25, 0.3) is 0 Å². The zero-order chi connectivity index (χ0) is 14.7. The maximum atomic E-state index is 12.4. The van der Waals surface area contributed by atoms with Gasteiger partial charge in [0.05, 0.1) is 6.54 Å². The molecule has 0 saturated heterocycles. The van der Waals surface area contributed by atoms with Gasteiger partial charge in [-0.2, -0.15) is 0 Å². The summed E-state index contributed by atoms with van der Waals surface area (Å²) in [7, 11) is 0. The predicted octanol–water partition coefficient (Wildman–Crippen LogP) is 3.79. The smallest absolute Gasteiger partial charge is 0.178 e. The van der Waals surface area contributed by atoms with Crippen LogP contribution in [0.4, 0.5) is 0 Å². The van der Waals surface area contributed by atoms with Crippen LogP contribution in [0.5, 0.6) is 0 Å². The molecule has 1 aliphatic rings. The van der Waals surface area contributed by atoms with Gasteiger partial charge in [0.25, 0.3) is 0 Å². The van der Waals surface area contributed by atoms with Crippen LogP contribution in [0, 0.1) is 13.8 Å². The number of aromatic nitrogens is 1. The van der Waals surface area contributed by atoms with E-state index < -0.39 is 0 Å². The third-order valence-corrected chi connectivity index (χ3v) is 4.46. The topological polar surface area (TPSA) is 34.0 Å². The number of nitrogens with one attached hydrogen (secondary N) is 1. The number of nitrogens with zero attached hydrogens (tertiary/aromatic N) is 1. The Kier molecular flexibility index (Phi) is 5.03. The SMILES string of the molecule is Cc1cc(C(=O)CNC2CCCCC2)c(C)n1C(C)C. The van der Waals surface area contributed by atoms with Crippen LogP contribution in [-0.2, 0) is 0 Å². The molecule has 0 aromatic carbocycles. The molecule has 0 amide bonds. The van der Waals surface area contributed by atoms with E-state index >= 15 is 0 Å². The van der Waals surface area contributed by atoms with Crippen LogP contribution in [0.1, 0.15) is 73.7 Å². The third-order valence-electron chi connectivity index (χ3n) is 4.46. The number of rotatable bonds is 5. The normalized spacial score (nSPS) is 16.9. The summed E-state index contributed by atoms with van der Waals surface area (Å²) < 4.78 is 2.24. The highest BCUT2D eigenvalue weighted by molar-refractivity contribution is 5.99. The van der Waals surface area contributed by atoms with Crippen LogP contribution in [-0.4, -0.2) is 22.9 Å². The van der Waals surface area contributed by atoms with Gasteiger partial charge in [0.15, 0.2) is 5.78 Å². The lowest BCUT2D eigenvalue weighted by molar-refractivity contribution is 0.0984. The molecule has 1 aliphatic carbocycles. The Morgan fingerprint density at radius 3 is 2.50 bits per heavy atom. The minimum Gasteiger partial charge on any atom is -0.346 e. The average molecular weight is 276 g/mol. The molecule has 1 aromatic heterocycles. The van der Waals surface area contributed by atoms with Crippen molar-refractivity contribution in [3.05, 3.63) is 23.0 Å². The summed E-state index contributed by atoms with van der Waals surface area (Å²) in [4.78, 5) is 12.4. The summed E-state index contributed by atoms with van der Waals surface area (Å²) in [5.74, 6) is 0.232. The van der Waals surface area contributed by atoms with Gasteiger partial charge in [-0.15, -0.1) is 0 Å². The zero-order valence-corrected chi connectivity index (χ0v) is 13.3. The van der Waals surface area contributed by atoms with Crippen molar-refractivity contribution in [2.75, 3.05) is 6.54 Å². The lowest BCUT2D eigenvalue weighted by Gasteiger charge is -2.22. The van der Waals surface area contributed by atoms with Crippen LogP contribution in [0.2, 0.25) is 0 Å². The van der Waals surface area contributed by atoms with E-state index in [2.05, 4.69) is 37.6 Å². The Morgan fingerprint density at radius 1 is 1.30 bits per heavy atom. The monoisotopic (exact) mass is 276 g/mol. The third kappa shape index (κ3) is 3.32. The fourth-order valence-electron chi connectivity index (χ4n) is 3.49. The lowest BCUT2D eigenvalue weighted by atomic mass is 9.95. The summed E-state index contributed by atoms with van der Waals surface area (Å²) in [6, 6.07) is 2.99. The summed E-state index contributed by atoms with van der Waals surface area (Å²) in [5, 5.41) is 3.45. The van der Waals surface area contributed by atoms with Crippen molar-refractivity contribution in [1.29, 1.82) is 0 Å². The molecule has 0 aliphatic heterocycles. The van der Waals surface area contributed by atoms with Gasteiger partial charge in [-0.3, -0.25) is 4.79 Å². The van der Waals surface area contributed by atoms with Gasteiger partial charge in [-0.05, 0) is 46.6 Å². The predicted molar refractivity (Wildman–Crippen MR) is 83.5 cm³/mol. The van der Waals surface area contributed by atoms with Crippen molar-refractivity contribution >= 4 is 5.78 Å². The molecule has 3 nitrogen and oxygen atoms in total. The lowest BCUT2D eigenvalue weighted by Crippen LogP contribution is -2.35. The second-order valence-corrected chi connectivity index (χ2v) is 6.39. The number of carbonyl (C=O) groups excluding carboxylic acids is 1. The van der Waals surface area contributed by atoms with Gasteiger partial charge in [0.2, 0.25) is 0 Å². The van der Waals surface area contributed by atoms with E-state index in [9.17, 15) is 4.79 Å². The Balaban J connectivity index is 2.00. The number of ketones is 1. The van der Waals surface area contributed by atoms with Crippen molar-refractivity contribution in [2.24, 2.45) is 0 Å². The van der Waals surface area contributed by atoms with Gasteiger partial charge in [0.1, 0.15) is 0 Å². The molecule has 0 bridgehead atoms. The van der Waals surface area contributed by atoms with Crippen molar-refractivity contribution in [3.63, 3.8) is 0 Å². The first kappa shape index (κ1) is 15.3. The molecule has 3 heteroatoms. The standard InChI is InChI=1S/C17H28N2O/c1-12(2)19-13(3)10-16(14(19)4)17(20)11-18-15-8-6-5-7-9-15/h10,12,15,18H,5-9,11H2,1-4H3. The second kappa shape index (κ2) is 6.57. The van der Waals surface area contributed by atoms with Gasteiger partial charge in [0, 0.05) is 29.0 Å². The molecule has 1 heterocycles. The van der Waals surface area contributed by atoms with E-state index in [0.717, 1.165) is 11.3 Å². The summed E-state index contributed by atoms with van der Waals surface area (Å²) >= 11 is 0. The molecule has 112 valence electrons. The minimum atomic E-state index is 0.232. The molecular weight excluding hydrogens is 248 g/mol. The quantitative estimate of drug-likeness (QED) is 0.830. The van der Waals surface area contributed by atoms with Crippen LogP contribution in [0.15, 0.2) is 6.07 Å². The number of hydrogen-bond acceptors (Lipinski definition) is 2. The molecule has 2 rings (SSSR count). The van der Waals surface area contributed by atoms with Crippen molar-refractivity contribution in [2.45, 2.75) is 71.9 Å². The summed E-state index contributed by atoms with van der Waals surface area (Å²) in [6.07, 6.45) is 6.39.